The molecule has 0 amide bonds. The van der Waals surface area contributed by atoms with Crippen molar-refractivity contribution in [3.05, 3.63) is 35.7 Å². The summed E-state index contributed by atoms with van der Waals surface area (Å²) >= 11 is 0. The molecule has 5 nitrogen and oxygen atoms in total. The number of rotatable bonds is 3. The van der Waals surface area contributed by atoms with Crippen LogP contribution in [0.5, 0.6) is 0 Å². The van der Waals surface area contributed by atoms with E-state index in [1.165, 1.54) is 5.56 Å². The second-order valence-electron chi connectivity index (χ2n) is 5.06. The van der Waals surface area contributed by atoms with Crippen molar-refractivity contribution < 1.29 is 9.63 Å². The fraction of sp³-hybridized carbons (Fsp3) is 0.429. The maximum absolute atomic E-state index is 9.48. The maximum Gasteiger partial charge on any atom is 0.257 e. The third-order valence-corrected chi connectivity index (χ3v) is 3.38. The SMILES string of the molecule is Cc1ccc(-c2nc(CN3CC[C@@H](O)C3)no2)cc1. The molecule has 2 heterocycles. The molecular formula is C14H17N3O2. The molecule has 19 heavy (non-hydrogen) atoms. The smallest absolute Gasteiger partial charge is 0.257 e. The lowest BCUT2D eigenvalue weighted by Crippen LogP contribution is -2.22. The molecule has 1 aliphatic rings. The lowest BCUT2D eigenvalue weighted by Gasteiger charge is -2.10. The molecule has 0 unspecified atom stereocenters. The first-order valence-electron chi connectivity index (χ1n) is 6.51. The van der Waals surface area contributed by atoms with Gasteiger partial charge in [0, 0.05) is 18.7 Å². The minimum absolute atomic E-state index is 0.219. The van der Waals surface area contributed by atoms with E-state index in [9.17, 15) is 5.11 Å². The Bertz CT molecular complexity index is 550. The lowest BCUT2D eigenvalue weighted by molar-refractivity contribution is 0.173. The number of aliphatic hydroxyl groups excluding tert-OH is 1. The van der Waals surface area contributed by atoms with Crippen LogP contribution in [0.1, 0.15) is 17.8 Å². The predicted octanol–water partition coefficient (Wildman–Crippen LogP) is 1.61. The molecule has 1 atom stereocenters. The number of nitrogens with zero attached hydrogens (tertiary/aromatic N) is 3. The Labute approximate surface area is 111 Å². The van der Waals surface area contributed by atoms with Crippen LogP contribution in [0.15, 0.2) is 28.8 Å². The van der Waals surface area contributed by atoms with Crippen molar-refractivity contribution in [1.29, 1.82) is 0 Å². The van der Waals surface area contributed by atoms with Crippen molar-refractivity contribution in [3.63, 3.8) is 0 Å². The monoisotopic (exact) mass is 259 g/mol. The van der Waals surface area contributed by atoms with Crippen molar-refractivity contribution in [2.45, 2.75) is 26.0 Å². The van der Waals surface area contributed by atoms with Crippen LogP contribution in [0.4, 0.5) is 0 Å². The first-order valence-corrected chi connectivity index (χ1v) is 6.51. The largest absolute Gasteiger partial charge is 0.392 e. The maximum atomic E-state index is 9.48. The first kappa shape index (κ1) is 12.3. The van der Waals surface area contributed by atoms with Gasteiger partial charge in [-0.25, -0.2) is 0 Å². The number of hydrogen-bond donors (Lipinski definition) is 1. The molecule has 0 radical (unpaired) electrons. The molecule has 1 aromatic carbocycles. The molecule has 1 aliphatic heterocycles. The number of hydrogen-bond acceptors (Lipinski definition) is 5. The summed E-state index contributed by atoms with van der Waals surface area (Å²) in [6.07, 6.45) is 0.603. The van der Waals surface area contributed by atoms with Gasteiger partial charge in [0.15, 0.2) is 5.82 Å². The van der Waals surface area contributed by atoms with Crippen LogP contribution >= 0.6 is 0 Å². The molecule has 100 valence electrons. The quantitative estimate of drug-likeness (QED) is 0.907. The van der Waals surface area contributed by atoms with Gasteiger partial charge in [-0.3, -0.25) is 4.90 Å². The Morgan fingerprint density at radius 1 is 1.37 bits per heavy atom. The molecule has 0 aliphatic carbocycles. The normalized spacial score (nSPS) is 20.0. The summed E-state index contributed by atoms with van der Waals surface area (Å²) < 4.78 is 5.28. The Balaban J connectivity index is 1.71. The van der Waals surface area contributed by atoms with E-state index in [4.69, 9.17) is 4.52 Å². The molecule has 3 rings (SSSR count). The Morgan fingerprint density at radius 2 is 2.16 bits per heavy atom. The van der Waals surface area contributed by atoms with Crippen LogP contribution < -0.4 is 0 Å². The fourth-order valence-corrected chi connectivity index (χ4v) is 2.29. The highest BCUT2D eigenvalue weighted by Crippen LogP contribution is 2.19. The third-order valence-electron chi connectivity index (χ3n) is 3.38. The number of likely N-dealkylation sites (tertiary alicyclic amines) is 1. The van der Waals surface area contributed by atoms with Gasteiger partial charge < -0.3 is 9.63 Å². The average Bonchev–Trinajstić information content (AvgIpc) is 3.00. The molecule has 1 aromatic heterocycles. The van der Waals surface area contributed by atoms with Gasteiger partial charge in [-0.15, -0.1) is 0 Å². The van der Waals surface area contributed by atoms with Gasteiger partial charge >= 0.3 is 0 Å². The number of benzene rings is 1. The zero-order chi connectivity index (χ0) is 13.2. The third kappa shape index (κ3) is 2.83. The van der Waals surface area contributed by atoms with E-state index < -0.39 is 0 Å². The van der Waals surface area contributed by atoms with Crippen molar-refractivity contribution >= 4 is 0 Å². The summed E-state index contributed by atoms with van der Waals surface area (Å²) in [5.41, 5.74) is 2.14. The van der Waals surface area contributed by atoms with Crippen molar-refractivity contribution in [2.75, 3.05) is 13.1 Å². The molecule has 2 aromatic rings. The topological polar surface area (TPSA) is 62.4 Å². The van der Waals surface area contributed by atoms with Crippen molar-refractivity contribution in [2.24, 2.45) is 0 Å². The van der Waals surface area contributed by atoms with Gasteiger partial charge in [0.05, 0.1) is 12.6 Å². The van der Waals surface area contributed by atoms with Crippen LogP contribution in [0.2, 0.25) is 0 Å². The molecule has 0 saturated carbocycles. The number of aromatic nitrogens is 2. The second-order valence-corrected chi connectivity index (χ2v) is 5.06. The molecule has 5 heteroatoms. The van der Waals surface area contributed by atoms with E-state index in [1.807, 2.05) is 31.2 Å². The van der Waals surface area contributed by atoms with Gasteiger partial charge in [-0.1, -0.05) is 22.9 Å². The van der Waals surface area contributed by atoms with Crippen LogP contribution in [0.25, 0.3) is 11.5 Å². The van der Waals surface area contributed by atoms with Crippen LogP contribution in [-0.4, -0.2) is 39.3 Å². The standard InChI is InChI=1S/C14H17N3O2/c1-10-2-4-11(5-3-10)14-15-13(16-19-14)9-17-7-6-12(18)8-17/h2-5,12,18H,6-9H2,1H3/t12-/m1/s1. The van der Waals surface area contributed by atoms with E-state index in [-0.39, 0.29) is 6.10 Å². The van der Waals surface area contributed by atoms with Gasteiger partial charge in [0.2, 0.25) is 0 Å². The van der Waals surface area contributed by atoms with Crippen molar-refractivity contribution in [3.8, 4) is 11.5 Å². The first-order chi connectivity index (χ1) is 9.20. The molecule has 0 spiro atoms. The highest BCUT2D eigenvalue weighted by molar-refractivity contribution is 5.53. The van der Waals surface area contributed by atoms with Gasteiger partial charge in [-0.2, -0.15) is 4.98 Å². The summed E-state index contributed by atoms with van der Waals surface area (Å²) in [6, 6.07) is 8.00. The van der Waals surface area contributed by atoms with Crippen LogP contribution in [-0.2, 0) is 6.54 Å². The molecule has 1 fully saturated rings. The Hall–Kier alpha value is -1.72. The molecule has 1 N–H and O–H groups in total. The highest BCUT2D eigenvalue weighted by atomic mass is 16.5. The number of aryl methyl sites for hydroxylation is 1. The molecule has 1 saturated heterocycles. The summed E-state index contributed by atoms with van der Waals surface area (Å²) in [5, 5.41) is 13.5. The fourth-order valence-electron chi connectivity index (χ4n) is 2.29. The van der Waals surface area contributed by atoms with E-state index >= 15 is 0 Å². The molecular weight excluding hydrogens is 242 g/mol. The summed E-state index contributed by atoms with van der Waals surface area (Å²) in [5.74, 6) is 1.22. The molecule has 0 bridgehead atoms. The van der Waals surface area contributed by atoms with Gasteiger partial charge in [0.1, 0.15) is 0 Å². The van der Waals surface area contributed by atoms with Crippen LogP contribution in [0, 0.1) is 6.92 Å². The predicted molar refractivity (Wildman–Crippen MR) is 70.4 cm³/mol. The van der Waals surface area contributed by atoms with E-state index in [2.05, 4.69) is 15.0 Å². The number of aliphatic hydroxyl groups is 1. The lowest BCUT2D eigenvalue weighted by atomic mass is 10.1. The zero-order valence-electron chi connectivity index (χ0n) is 10.9. The zero-order valence-corrected chi connectivity index (χ0v) is 10.9. The Morgan fingerprint density at radius 3 is 2.84 bits per heavy atom. The highest BCUT2D eigenvalue weighted by Gasteiger charge is 2.21. The van der Waals surface area contributed by atoms with Crippen LogP contribution in [0.3, 0.4) is 0 Å². The summed E-state index contributed by atoms with van der Waals surface area (Å²) in [6.45, 7) is 4.25. The number of β-amino-alcohol motifs (C(OH)–C–C–N with tert-alkyl or cyclic N) is 1. The van der Waals surface area contributed by atoms with Gasteiger partial charge in [-0.05, 0) is 25.5 Å². The summed E-state index contributed by atoms with van der Waals surface area (Å²) in [7, 11) is 0. The minimum atomic E-state index is -0.219. The summed E-state index contributed by atoms with van der Waals surface area (Å²) in [4.78, 5) is 6.53. The second kappa shape index (κ2) is 5.11. The minimum Gasteiger partial charge on any atom is -0.392 e. The van der Waals surface area contributed by atoms with E-state index in [0.29, 0.717) is 24.8 Å². The average molecular weight is 259 g/mol. The van der Waals surface area contributed by atoms with Gasteiger partial charge in [0.25, 0.3) is 5.89 Å². The van der Waals surface area contributed by atoms with Crippen molar-refractivity contribution in [1.82, 2.24) is 15.0 Å². The van der Waals surface area contributed by atoms with E-state index in [1.54, 1.807) is 0 Å². The van der Waals surface area contributed by atoms with E-state index in [0.717, 1.165) is 18.5 Å². The Kier molecular flexibility index (Phi) is 3.31.